The standard InChI is InChI=1S/C20H22N2O4/c1-12(2)9-16-21-17(13-7-5-4-6-8-13)18(22-16)20-19(24)15(23)10-14(26-20)11-25-3/h4-8,10,12,24H,9,11H2,1-3H3,(H,21,22). The van der Waals surface area contributed by atoms with Gasteiger partial charge in [0.2, 0.25) is 11.2 Å². The number of aromatic hydroxyl groups is 1. The number of nitrogens with zero attached hydrogens (tertiary/aromatic N) is 1. The number of ether oxygens (including phenoxy) is 1. The molecule has 0 atom stereocenters. The Kier molecular flexibility index (Phi) is 5.23. The van der Waals surface area contributed by atoms with Crippen LogP contribution in [0.15, 0.2) is 45.6 Å². The Balaban J connectivity index is 2.21. The van der Waals surface area contributed by atoms with E-state index in [2.05, 4.69) is 23.8 Å². The van der Waals surface area contributed by atoms with Crippen LogP contribution in [0.25, 0.3) is 22.7 Å². The molecule has 26 heavy (non-hydrogen) atoms. The van der Waals surface area contributed by atoms with Gasteiger partial charge in [-0.2, -0.15) is 0 Å². The zero-order chi connectivity index (χ0) is 18.7. The molecule has 0 bridgehead atoms. The van der Waals surface area contributed by atoms with Gasteiger partial charge in [0.25, 0.3) is 0 Å². The second-order valence-corrected chi connectivity index (χ2v) is 6.56. The zero-order valence-corrected chi connectivity index (χ0v) is 15.1. The Hall–Kier alpha value is -2.86. The van der Waals surface area contributed by atoms with Crippen molar-refractivity contribution < 1.29 is 14.3 Å². The lowest BCUT2D eigenvalue weighted by molar-refractivity contribution is 0.162. The van der Waals surface area contributed by atoms with Crippen molar-refractivity contribution in [3.05, 3.63) is 58.2 Å². The number of aromatic amines is 1. The molecule has 0 radical (unpaired) electrons. The van der Waals surface area contributed by atoms with Gasteiger partial charge >= 0.3 is 0 Å². The van der Waals surface area contributed by atoms with Gasteiger partial charge in [-0.1, -0.05) is 44.2 Å². The number of imidazole rings is 1. The van der Waals surface area contributed by atoms with E-state index in [9.17, 15) is 9.90 Å². The summed E-state index contributed by atoms with van der Waals surface area (Å²) < 4.78 is 10.8. The highest BCUT2D eigenvalue weighted by Gasteiger charge is 2.22. The van der Waals surface area contributed by atoms with Gasteiger partial charge in [-0.05, 0) is 5.92 Å². The van der Waals surface area contributed by atoms with Crippen molar-refractivity contribution >= 4 is 0 Å². The smallest absolute Gasteiger partial charge is 0.227 e. The van der Waals surface area contributed by atoms with Crippen molar-refractivity contribution in [1.29, 1.82) is 0 Å². The number of nitrogens with one attached hydrogen (secondary N) is 1. The molecule has 0 unspecified atom stereocenters. The predicted molar refractivity (Wildman–Crippen MR) is 98.9 cm³/mol. The molecule has 0 saturated carbocycles. The van der Waals surface area contributed by atoms with Crippen LogP contribution >= 0.6 is 0 Å². The molecule has 3 rings (SSSR count). The summed E-state index contributed by atoms with van der Waals surface area (Å²) in [7, 11) is 1.51. The van der Waals surface area contributed by atoms with E-state index in [-0.39, 0.29) is 12.4 Å². The molecule has 0 aliphatic heterocycles. The average Bonchev–Trinajstić information content (AvgIpc) is 3.02. The Bertz CT molecular complexity index is 942. The average molecular weight is 354 g/mol. The number of H-pyrrole nitrogens is 1. The summed E-state index contributed by atoms with van der Waals surface area (Å²) >= 11 is 0. The maximum absolute atomic E-state index is 12.1. The van der Waals surface area contributed by atoms with Crippen LogP contribution in [-0.4, -0.2) is 22.2 Å². The van der Waals surface area contributed by atoms with Crippen molar-refractivity contribution in [2.24, 2.45) is 5.92 Å². The lowest BCUT2D eigenvalue weighted by atomic mass is 10.1. The molecule has 3 aromatic rings. The van der Waals surface area contributed by atoms with E-state index in [0.29, 0.717) is 23.1 Å². The lowest BCUT2D eigenvalue weighted by Crippen LogP contribution is -2.04. The monoisotopic (exact) mass is 354 g/mol. The quantitative estimate of drug-likeness (QED) is 0.704. The molecule has 0 saturated heterocycles. The van der Waals surface area contributed by atoms with Gasteiger partial charge in [0.15, 0.2) is 5.76 Å². The minimum absolute atomic E-state index is 0.0749. The first-order chi connectivity index (χ1) is 12.5. The zero-order valence-electron chi connectivity index (χ0n) is 15.1. The molecule has 0 aliphatic carbocycles. The molecule has 0 spiro atoms. The fourth-order valence-electron chi connectivity index (χ4n) is 2.79. The third kappa shape index (κ3) is 3.70. The summed E-state index contributed by atoms with van der Waals surface area (Å²) in [5.74, 6) is 1.14. The van der Waals surface area contributed by atoms with E-state index in [1.54, 1.807) is 0 Å². The highest BCUT2D eigenvalue weighted by atomic mass is 16.5. The third-order valence-corrected chi connectivity index (χ3v) is 3.89. The fourth-order valence-corrected chi connectivity index (χ4v) is 2.79. The molecular weight excluding hydrogens is 332 g/mol. The minimum Gasteiger partial charge on any atom is -0.501 e. The topological polar surface area (TPSA) is 88.4 Å². The second-order valence-electron chi connectivity index (χ2n) is 6.56. The van der Waals surface area contributed by atoms with Crippen molar-refractivity contribution in [2.45, 2.75) is 26.9 Å². The van der Waals surface area contributed by atoms with Crippen molar-refractivity contribution in [2.75, 3.05) is 7.11 Å². The van der Waals surface area contributed by atoms with E-state index in [4.69, 9.17) is 9.15 Å². The Morgan fingerprint density at radius 2 is 2.00 bits per heavy atom. The second kappa shape index (κ2) is 7.58. The van der Waals surface area contributed by atoms with Crippen LogP contribution < -0.4 is 5.43 Å². The molecule has 2 N–H and O–H groups in total. The Labute approximate surface area is 151 Å². The molecule has 0 fully saturated rings. The van der Waals surface area contributed by atoms with Crippen LogP contribution in [0.4, 0.5) is 0 Å². The summed E-state index contributed by atoms with van der Waals surface area (Å²) in [5, 5.41) is 10.3. The van der Waals surface area contributed by atoms with Gasteiger partial charge < -0.3 is 19.2 Å². The number of rotatable bonds is 6. The molecule has 0 amide bonds. The van der Waals surface area contributed by atoms with Gasteiger partial charge in [0.1, 0.15) is 23.9 Å². The van der Waals surface area contributed by atoms with Gasteiger partial charge in [0.05, 0.1) is 5.69 Å². The highest BCUT2D eigenvalue weighted by molar-refractivity contribution is 5.78. The third-order valence-electron chi connectivity index (χ3n) is 3.89. The Morgan fingerprint density at radius 1 is 1.27 bits per heavy atom. The normalized spacial score (nSPS) is 11.2. The molecule has 6 heteroatoms. The van der Waals surface area contributed by atoms with Crippen LogP contribution in [0, 0.1) is 5.92 Å². The molecule has 6 nitrogen and oxygen atoms in total. The largest absolute Gasteiger partial charge is 0.501 e. The van der Waals surface area contributed by atoms with E-state index in [0.717, 1.165) is 17.8 Å². The number of benzene rings is 1. The SMILES string of the molecule is COCc1cc(=O)c(O)c(-c2[nH]c(CC(C)C)nc2-c2ccccc2)o1. The molecule has 2 heterocycles. The van der Waals surface area contributed by atoms with Crippen LogP contribution in [0.5, 0.6) is 5.75 Å². The van der Waals surface area contributed by atoms with Crippen molar-refractivity contribution in [3.63, 3.8) is 0 Å². The van der Waals surface area contributed by atoms with E-state index >= 15 is 0 Å². The number of hydrogen-bond donors (Lipinski definition) is 2. The molecule has 136 valence electrons. The lowest BCUT2D eigenvalue weighted by Gasteiger charge is -2.07. The van der Waals surface area contributed by atoms with E-state index in [1.165, 1.54) is 13.2 Å². The number of aromatic nitrogens is 2. The van der Waals surface area contributed by atoms with Gasteiger partial charge in [-0.25, -0.2) is 4.98 Å². The van der Waals surface area contributed by atoms with Crippen LogP contribution in [-0.2, 0) is 17.8 Å². The molecular formula is C20H22N2O4. The maximum Gasteiger partial charge on any atom is 0.227 e. The van der Waals surface area contributed by atoms with Crippen LogP contribution in [0.1, 0.15) is 25.4 Å². The maximum atomic E-state index is 12.1. The fraction of sp³-hybridized carbons (Fsp3) is 0.300. The summed E-state index contributed by atoms with van der Waals surface area (Å²) in [5.41, 5.74) is 1.47. The van der Waals surface area contributed by atoms with Crippen LogP contribution in [0.3, 0.4) is 0 Å². The highest BCUT2D eigenvalue weighted by Crippen LogP contribution is 2.34. The van der Waals surface area contributed by atoms with E-state index < -0.39 is 11.2 Å². The molecule has 0 aliphatic rings. The molecule has 2 aromatic heterocycles. The summed E-state index contributed by atoms with van der Waals surface area (Å²) in [6.07, 6.45) is 0.739. The van der Waals surface area contributed by atoms with E-state index in [1.807, 2.05) is 30.3 Å². The molecule has 1 aromatic carbocycles. The van der Waals surface area contributed by atoms with Crippen LogP contribution in [0.2, 0.25) is 0 Å². The Morgan fingerprint density at radius 3 is 2.65 bits per heavy atom. The first-order valence-electron chi connectivity index (χ1n) is 8.49. The van der Waals surface area contributed by atoms with Gasteiger partial charge in [-0.3, -0.25) is 4.79 Å². The minimum atomic E-state index is -0.516. The van der Waals surface area contributed by atoms with Gasteiger partial charge in [0, 0.05) is 25.2 Å². The first-order valence-corrected chi connectivity index (χ1v) is 8.49. The van der Waals surface area contributed by atoms with Gasteiger partial charge in [-0.15, -0.1) is 0 Å². The van der Waals surface area contributed by atoms with Crippen molar-refractivity contribution in [3.8, 4) is 28.5 Å². The van der Waals surface area contributed by atoms with Crippen molar-refractivity contribution in [1.82, 2.24) is 9.97 Å². The predicted octanol–water partition coefficient (Wildman–Crippen LogP) is 3.75. The number of hydrogen-bond acceptors (Lipinski definition) is 5. The first kappa shape index (κ1) is 17.9. The summed E-state index contributed by atoms with van der Waals surface area (Å²) in [6.45, 7) is 4.33. The summed E-state index contributed by atoms with van der Waals surface area (Å²) in [4.78, 5) is 20.0. The number of methoxy groups -OCH3 is 1. The summed E-state index contributed by atoms with van der Waals surface area (Å²) in [6, 6.07) is 10.8.